The molecule has 0 aliphatic carbocycles. The Morgan fingerprint density at radius 1 is 1.50 bits per heavy atom. The molecule has 1 amide bonds. The molecule has 0 fully saturated rings. The zero-order valence-electron chi connectivity index (χ0n) is 10.1. The molecule has 0 atom stereocenters. The van der Waals surface area contributed by atoms with Crippen molar-refractivity contribution in [3.63, 3.8) is 0 Å². The van der Waals surface area contributed by atoms with Crippen molar-refractivity contribution in [1.82, 2.24) is 10.3 Å². The topological polar surface area (TPSA) is 131 Å². The number of H-pyrrole nitrogens is 1. The lowest BCUT2D eigenvalue weighted by Crippen LogP contribution is -2.24. The maximum absolute atomic E-state index is 11.9. The van der Waals surface area contributed by atoms with Crippen LogP contribution in [0.2, 0.25) is 0 Å². The largest absolute Gasteiger partial charge is 0.393 e. The summed E-state index contributed by atoms with van der Waals surface area (Å²) >= 11 is 0.972. The van der Waals surface area contributed by atoms with Crippen molar-refractivity contribution < 1.29 is 9.72 Å². The van der Waals surface area contributed by atoms with Crippen LogP contribution in [0.25, 0.3) is 0 Å². The van der Waals surface area contributed by atoms with E-state index in [4.69, 9.17) is 5.73 Å². The number of thiazole rings is 1. The summed E-state index contributed by atoms with van der Waals surface area (Å²) < 4.78 is 0. The summed E-state index contributed by atoms with van der Waals surface area (Å²) in [7, 11) is 0. The first-order chi connectivity index (χ1) is 9.49. The third-order valence-corrected chi connectivity index (χ3v) is 3.22. The fraction of sp³-hybridized carbons (Fsp3) is 0.0909. The summed E-state index contributed by atoms with van der Waals surface area (Å²) in [4.78, 5) is 35.4. The monoisotopic (exact) mass is 294 g/mol. The van der Waals surface area contributed by atoms with Gasteiger partial charge in [-0.1, -0.05) is 17.4 Å². The van der Waals surface area contributed by atoms with Crippen LogP contribution in [0.1, 0.15) is 16.1 Å². The molecule has 0 saturated carbocycles. The van der Waals surface area contributed by atoms with Gasteiger partial charge < -0.3 is 16.0 Å². The number of aromatic amines is 1. The molecule has 0 saturated heterocycles. The van der Waals surface area contributed by atoms with Crippen molar-refractivity contribution in [1.29, 1.82) is 0 Å². The van der Waals surface area contributed by atoms with Gasteiger partial charge in [0.25, 0.3) is 5.91 Å². The number of nitrogens with two attached hydrogens (primary N) is 1. The number of nitro groups is 1. The van der Waals surface area contributed by atoms with Crippen LogP contribution in [0.3, 0.4) is 0 Å². The van der Waals surface area contributed by atoms with E-state index in [1.54, 1.807) is 5.38 Å². The van der Waals surface area contributed by atoms with Crippen LogP contribution in [-0.4, -0.2) is 15.8 Å². The Bertz CT molecular complexity index is 721. The standard InChI is InChI=1S/C11H10N4O4S/c12-8-3-1-2-7(9(8)15(18)19)10(16)13-4-6-5-20-11(17)14-6/h1-3,5H,4,12H2,(H,13,16)(H,14,17). The summed E-state index contributed by atoms with van der Waals surface area (Å²) in [5.74, 6) is -0.629. The molecule has 20 heavy (non-hydrogen) atoms. The Kier molecular flexibility index (Phi) is 3.80. The van der Waals surface area contributed by atoms with E-state index < -0.39 is 16.5 Å². The van der Waals surface area contributed by atoms with E-state index in [0.29, 0.717) is 5.69 Å². The van der Waals surface area contributed by atoms with E-state index in [0.717, 1.165) is 11.3 Å². The molecule has 0 spiro atoms. The average Bonchev–Trinajstić information content (AvgIpc) is 2.81. The minimum Gasteiger partial charge on any atom is -0.393 e. The third-order valence-electron chi connectivity index (χ3n) is 2.50. The van der Waals surface area contributed by atoms with Crippen LogP contribution in [0.5, 0.6) is 0 Å². The molecule has 0 bridgehead atoms. The fourth-order valence-electron chi connectivity index (χ4n) is 1.62. The summed E-state index contributed by atoms with van der Waals surface area (Å²) in [6.45, 7) is 0.0729. The van der Waals surface area contributed by atoms with E-state index in [-0.39, 0.29) is 22.7 Å². The lowest BCUT2D eigenvalue weighted by molar-refractivity contribution is -0.384. The van der Waals surface area contributed by atoms with Crippen molar-refractivity contribution in [2.45, 2.75) is 6.54 Å². The molecule has 1 aromatic carbocycles. The van der Waals surface area contributed by atoms with Crippen LogP contribution >= 0.6 is 11.3 Å². The van der Waals surface area contributed by atoms with Crippen molar-refractivity contribution >= 4 is 28.6 Å². The molecule has 1 aromatic heterocycles. The summed E-state index contributed by atoms with van der Waals surface area (Å²) in [6.07, 6.45) is 0. The van der Waals surface area contributed by atoms with Gasteiger partial charge in [0.15, 0.2) is 0 Å². The molecule has 4 N–H and O–H groups in total. The highest BCUT2D eigenvalue weighted by Gasteiger charge is 2.22. The Balaban J connectivity index is 2.19. The molecule has 2 rings (SSSR count). The molecular formula is C11H10N4O4S. The minimum absolute atomic E-state index is 0.0729. The second-order valence-electron chi connectivity index (χ2n) is 3.86. The third kappa shape index (κ3) is 2.83. The van der Waals surface area contributed by atoms with Crippen LogP contribution in [0, 0.1) is 10.1 Å². The predicted molar refractivity (Wildman–Crippen MR) is 73.6 cm³/mol. The molecule has 0 radical (unpaired) electrons. The molecule has 1 heterocycles. The van der Waals surface area contributed by atoms with Crippen LogP contribution in [0.4, 0.5) is 11.4 Å². The summed E-state index contributed by atoms with van der Waals surface area (Å²) in [5, 5.41) is 15.0. The number of benzene rings is 1. The Hall–Kier alpha value is -2.68. The number of carbonyl (C=O) groups excluding carboxylic acids is 1. The Labute approximate surface area is 116 Å². The second kappa shape index (κ2) is 5.53. The van der Waals surface area contributed by atoms with E-state index in [1.807, 2.05) is 0 Å². The first kappa shape index (κ1) is 13.7. The predicted octanol–water partition coefficient (Wildman–Crippen LogP) is 0.857. The molecule has 8 nitrogen and oxygen atoms in total. The maximum atomic E-state index is 11.9. The van der Waals surface area contributed by atoms with Crippen LogP contribution in [0.15, 0.2) is 28.4 Å². The SMILES string of the molecule is Nc1cccc(C(=O)NCc2csc(=O)[nH]2)c1[N+](=O)[O-]. The number of rotatable bonds is 4. The number of nitro benzene ring substituents is 1. The van der Waals surface area contributed by atoms with Gasteiger partial charge >= 0.3 is 10.6 Å². The quantitative estimate of drug-likeness (QED) is 0.437. The van der Waals surface area contributed by atoms with E-state index in [2.05, 4.69) is 10.3 Å². The lowest BCUT2D eigenvalue weighted by Gasteiger charge is -2.06. The second-order valence-corrected chi connectivity index (χ2v) is 4.70. The van der Waals surface area contributed by atoms with Crippen molar-refractivity contribution in [2.75, 3.05) is 5.73 Å². The van der Waals surface area contributed by atoms with Gasteiger partial charge in [-0.3, -0.25) is 19.7 Å². The van der Waals surface area contributed by atoms with Gasteiger partial charge in [0.05, 0.1) is 11.5 Å². The van der Waals surface area contributed by atoms with Gasteiger partial charge in [-0.15, -0.1) is 0 Å². The lowest BCUT2D eigenvalue weighted by atomic mass is 10.1. The minimum atomic E-state index is -0.698. The Morgan fingerprint density at radius 2 is 2.25 bits per heavy atom. The molecule has 0 aliphatic rings. The zero-order valence-corrected chi connectivity index (χ0v) is 10.9. The number of hydrogen-bond donors (Lipinski definition) is 3. The summed E-state index contributed by atoms with van der Waals surface area (Å²) in [5.41, 5.74) is 5.41. The number of para-hydroxylation sites is 1. The van der Waals surface area contributed by atoms with Crippen LogP contribution < -0.4 is 15.9 Å². The number of carbonyl (C=O) groups is 1. The number of amides is 1. The smallest absolute Gasteiger partial charge is 0.304 e. The molecule has 104 valence electrons. The van der Waals surface area contributed by atoms with Crippen LogP contribution in [-0.2, 0) is 6.54 Å². The van der Waals surface area contributed by atoms with Gasteiger partial charge in [0, 0.05) is 11.1 Å². The molecule has 9 heteroatoms. The van der Waals surface area contributed by atoms with E-state index >= 15 is 0 Å². The van der Waals surface area contributed by atoms with Crippen molar-refractivity contribution in [3.8, 4) is 0 Å². The number of anilines is 1. The number of nitrogens with one attached hydrogen (secondary N) is 2. The highest BCUT2D eigenvalue weighted by Crippen LogP contribution is 2.25. The Morgan fingerprint density at radius 3 is 2.85 bits per heavy atom. The highest BCUT2D eigenvalue weighted by molar-refractivity contribution is 7.07. The maximum Gasteiger partial charge on any atom is 0.304 e. The van der Waals surface area contributed by atoms with Gasteiger partial charge in [-0.2, -0.15) is 0 Å². The molecule has 2 aromatic rings. The first-order valence-electron chi connectivity index (χ1n) is 5.47. The fourth-order valence-corrected chi connectivity index (χ4v) is 2.20. The molecule has 0 aliphatic heterocycles. The number of aromatic nitrogens is 1. The van der Waals surface area contributed by atoms with Crippen molar-refractivity contribution in [3.05, 3.63) is 54.6 Å². The zero-order chi connectivity index (χ0) is 14.7. The first-order valence-corrected chi connectivity index (χ1v) is 6.34. The van der Waals surface area contributed by atoms with Gasteiger partial charge in [0.1, 0.15) is 11.3 Å². The number of nitrogens with zero attached hydrogens (tertiary/aromatic N) is 1. The molecular weight excluding hydrogens is 284 g/mol. The molecule has 0 unspecified atom stereocenters. The van der Waals surface area contributed by atoms with E-state index in [1.165, 1.54) is 18.2 Å². The van der Waals surface area contributed by atoms with Gasteiger partial charge in [-0.25, -0.2) is 0 Å². The number of hydrogen-bond acceptors (Lipinski definition) is 6. The number of nitrogen functional groups attached to an aromatic ring is 1. The van der Waals surface area contributed by atoms with E-state index in [9.17, 15) is 19.7 Å². The van der Waals surface area contributed by atoms with Gasteiger partial charge in [0.2, 0.25) is 0 Å². The average molecular weight is 294 g/mol. The highest BCUT2D eigenvalue weighted by atomic mass is 32.1. The summed E-state index contributed by atoms with van der Waals surface area (Å²) in [6, 6.07) is 4.13. The normalized spacial score (nSPS) is 10.2. The van der Waals surface area contributed by atoms with Gasteiger partial charge in [-0.05, 0) is 12.1 Å². The van der Waals surface area contributed by atoms with Crippen molar-refractivity contribution in [2.24, 2.45) is 0 Å².